The van der Waals surface area contributed by atoms with E-state index in [1.165, 1.54) is 12.1 Å². The van der Waals surface area contributed by atoms with Crippen LogP contribution in [0.3, 0.4) is 0 Å². The number of aliphatic imine (C=N–C) groups is 1. The molecule has 0 heterocycles. The van der Waals surface area contributed by atoms with Crippen LogP contribution in [0, 0.1) is 0 Å². The van der Waals surface area contributed by atoms with Gasteiger partial charge >= 0.3 is 6.18 Å². The number of benzene rings is 1. The second-order valence-corrected chi connectivity index (χ2v) is 4.66. The lowest BCUT2D eigenvalue weighted by molar-refractivity contribution is -0.139. The highest BCUT2D eigenvalue weighted by Gasteiger charge is 2.43. The van der Waals surface area contributed by atoms with Gasteiger partial charge < -0.3 is 9.84 Å². The van der Waals surface area contributed by atoms with Gasteiger partial charge in [0.15, 0.2) is 11.5 Å². The smallest absolute Gasteiger partial charge is 0.420 e. The third-order valence-corrected chi connectivity index (χ3v) is 3.58. The van der Waals surface area contributed by atoms with Crippen LogP contribution >= 0.6 is 0 Å². The SMILES string of the molecule is COc1cc(C2(N=C=O)CCC2)cc(C(F)(F)F)c1O. The maximum Gasteiger partial charge on any atom is 0.420 e. The number of alkyl halides is 3. The molecule has 1 aliphatic rings. The highest BCUT2D eigenvalue weighted by atomic mass is 19.4. The van der Waals surface area contributed by atoms with E-state index < -0.39 is 23.0 Å². The summed E-state index contributed by atoms with van der Waals surface area (Å²) in [6.07, 6.45) is -1.62. The van der Waals surface area contributed by atoms with Crippen molar-refractivity contribution in [3.8, 4) is 11.5 Å². The minimum atomic E-state index is -4.72. The average Bonchev–Trinajstić information content (AvgIpc) is 2.33. The quantitative estimate of drug-likeness (QED) is 0.686. The fraction of sp³-hybridized carbons (Fsp3) is 0.462. The minimum absolute atomic E-state index is 0.203. The van der Waals surface area contributed by atoms with Crippen molar-refractivity contribution in [2.45, 2.75) is 31.0 Å². The number of nitrogens with zero attached hydrogens (tertiary/aromatic N) is 1. The van der Waals surface area contributed by atoms with E-state index in [-0.39, 0.29) is 11.3 Å². The Morgan fingerprint density at radius 3 is 2.45 bits per heavy atom. The summed E-state index contributed by atoms with van der Waals surface area (Å²) in [4.78, 5) is 14.1. The van der Waals surface area contributed by atoms with Crippen molar-refractivity contribution in [2.24, 2.45) is 4.99 Å². The van der Waals surface area contributed by atoms with Crippen LogP contribution in [0.25, 0.3) is 0 Å². The van der Waals surface area contributed by atoms with E-state index in [9.17, 15) is 23.1 Å². The lowest BCUT2D eigenvalue weighted by Gasteiger charge is -2.37. The molecule has 0 spiro atoms. The van der Waals surface area contributed by atoms with Gasteiger partial charge in [0, 0.05) is 0 Å². The molecule has 1 aromatic rings. The second-order valence-electron chi connectivity index (χ2n) is 4.66. The van der Waals surface area contributed by atoms with Gasteiger partial charge in [0.1, 0.15) is 5.56 Å². The molecule has 0 atom stereocenters. The first kappa shape index (κ1) is 14.4. The van der Waals surface area contributed by atoms with E-state index in [2.05, 4.69) is 4.99 Å². The van der Waals surface area contributed by atoms with Gasteiger partial charge in [-0.25, -0.2) is 4.79 Å². The van der Waals surface area contributed by atoms with Crippen LogP contribution in [-0.2, 0) is 16.5 Å². The fourth-order valence-electron chi connectivity index (χ4n) is 2.31. The summed E-state index contributed by atoms with van der Waals surface area (Å²) in [5, 5.41) is 9.58. The van der Waals surface area contributed by atoms with Gasteiger partial charge in [0.25, 0.3) is 0 Å². The van der Waals surface area contributed by atoms with Crippen molar-refractivity contribution >= 4 is 6.08 Å². The Labute approximate surface area is 112 Å². The Balaban J connectivity index is 2.63. The van der Waals surface area contributed by atoms with Crippen molar-refractivity contribution in [3.05, 3.63) is 23.3 Å². The first-order chi connectivity index (χ1) is 9.34. The van der Waals surface area contributed by atoms with Crippen molar-refractivity contribution in [2.75, 3.05) is 7.11 Å². The molecule has 1 aromatic carbocycles. The molecule has 2 rings (SSSR count). The summed E-state index contributed by atoms with van der Waals surface area (Å²) in [6, 6.07) is 2.10. The Kier molecular flexibility index (Phi) is 3.48. The lowest BCUT2D eigenvalue weighted by atomic mass is 9.72. The number of ether oxygens (including phenoxy) is 1. The van der Waals surface area contributed by atoms with Gasteiger partial charge in [0.2, 0.25) is 6.08 Å². The van der Waals surface area contributed by atoms with E-state index in [1.807, 2.05) is 0 Å². The van der Waals surface area contributed by atoms with Gasteiger partial charge in [-0.05, 0) is 37.0 Å². The molecular formula is C13H12F3NO3. The molecule has 0 aromatic heterocycles. The minimum Gasteiger partial charge on any atom is -0.504 e. The summed E-state index contributed by atoms with van der Waals surface area (Å²) < 4.78 is 43.5. The molecule has 1 fully saturated rings. The van der Waals surface area contributed by atoms with Crippen LogP contribution in [0.2, 0.25) is 0 Å². The maximum atomic E-state index is 12.9. The average molecular weight is 287 g/mol. The normalized spacial score (nSPS) is 17.0. The highest BCUT2D eigenvalue weighted by Crippen LogP contribution is 2.49. The molecule has 1 N–H and O–H groups in total. The molecule has 1 saturated carbocycles. The van der Waals surface area contributed by atoms with Crippen molar-refractivity contribution in [3.63, 3.8) is 0 Å². The number of rotatable bonds is 3. The monoisotopic (exact) mass is 287 g/mol. The number of hydrogen-bond donors (Lipinski definition) is 1. The number of carbonyl (C=O) groups excluding carboxylic acids is 1. The van der Waals surface area contributed by atoms with Gasteiger partial charge in [-0.15, -0.1) is 0 Å². The molecular weight excluding hydrogens is 275 g/mol. The summed E-state index contributed by atoms with van der Waals surface area (Å²) in [5.74, 6) is -1.25. The number of methoxy groups -OCH3 is 1. The van der Waals surface area contributed by atoms with Crippen molar-refractivity contribution in [1.29, 1.82) is 0 Å². The van der Waals surface area contributed by atoms with Crippen LogP contribution in [0.15, 0.2) is 17.1 Å². The predicted octanol–water partition coefficient (Wildman–Crippen LogP) is 3.13. The number of phenols is 1. The topological polar surface area (TPSA) is 58.9 Å². The van der Waals surface area contributed by atoms with Crippen LogP contribution in [0.4, 0.5) is 13.2 Å². The van der Waals surface area contributed by atoms with Gasteiger partial charge in [-0.2, -0.15) is 18.2 Å². The molecule has 108 valence electrons. The van der Waals surface area contributed by atoms with Gasteiger partial charge in [0.05, 0.1) is 12.6 Å². The van der Waals surface area contributed by atoms with E-state index in [0.717, 1.165) is 19.6 Å². The zero-order valence-corrected chi connectivity index (χ0v) is 10.6. The van der Waals surface area contributed by atoms with E-state index in [4.69, 9.17) is 4.74 Å². The molecule has 0 unspecified atom stereocenters. The third kappa shape index (κ3) is 2.25. The van der Waals surface area contributed by atoms with Crippen LogP contribution in [0.1, 0.15) is 30.4 Å². The van der Waals surface area contributed by atoms with Crippen LogP contribution < -0.4 is 4.74 Å². The molecule has 0 saturated heterocycles. The molecule has 0 bridgehead atoms. The second kappa shape index (κ2) is 4.83. The zero-order valence-electron chi connectivity index (χ0n) is 10.6. The first-order valence-corrected chi connectivity index (χ1v) is 5.92. The van der Waals surface area contributed by atoms with E-state index in [0.29, 0.717) is 12.8 Å². The number of phenolic OH excluding ortho intramolecular Hbond substituents is 1. The van der Waals surface area contributed by atoms with Crippen LogP contribution in [-0.4, -0.2) is 18.3 Å². The summed E-state index contributed by atoms with van der Waals surface area (Å²) in [6.45, 7) is 0. The summed E-state index contributed by atoms with van der Waals surface area (Å²) >= 11 is 0. The Morgan fingerprint density at radius 1 is 1.40 bits per heavy atom. The third-order valence-electron chi connectivity index (χ3n) is 3.58. The predicted molar refractivity (Wildman–Crippen MR) is 63.3 cm³/mol. The molecule has 0 radical (unpaired) electrons. The van der Waals surface area contributed by atoms with Gasteiger partial charge in [-0.1, -0.05) is 0 Å². The number of isocyanates is 1. The molecule has 4 nitrogen and oxygen atoms in total. The molecule has 0 amide bonds. The standard InChI is InChI=1S/C13H12F3NO3/c1-20-10-6-8(12(17-7-18)3-2-4-12)5-9(11(10)19)13(14,15)16/h5-6,19H,2-4H2,1H3. The summed E-state index contributed by atoms with van der Waals surface area (Å²) in [7, 11) is 1.16. The highest BCUT2D eigenvalue weighted by molar-refractivity contribution is 5.52. The van der Waals surface area contributed by atoms with Gasteiger partial charge in [-0.3, -0.25) is 0 Å². The first-order valence-electron chi connectivity index (χ1n) is 5.92. The molecule has 0 aliphatic heterocycles. The van der Waals surface area contributed by atoms with Crippen molar-refractivity contribution < 1.29 is 27.8 Å². The molecule has 1 aliphatic carbocycles. The Bertz CT molecular complexity index is 573. The zero-order chi connectivity index (χ0) is 15.0. The largest absolute Gasteiger partial charge is 0.504 e. The van der Waals surface area contributed by atoms with E-state index >= 15 is 0 Å². The molecule has 7 heteroatoms. The van der Waals surface area contributed by atoms with E-state index in [1.54, 1.807) is 0 Å². The number of hydrogen-bond acceptors (Lipinski definition) is 4. The lowest BCUT2D eigenvalue weighted by Crippen LogP contribution is -2.32. The number of halogens is 3. The van der Waals surface area contributed by atoms with Crippen molar-refractivity contribution in [1.82, 2.24) is 0 Å². The number of aromatic hydroxyl groups is 1. The maximum absolute atomic E-state index is 12.9. The molecule has 20 heavy (non-hydrogen) atoms. The fourth-order valence-corrected chi connectivity index (χ4v) is 2.31. The summed E-state index contributed by atoms with van der Waals surface area (Å²) in [5.41, 5.74) is -1.98. The van der Waals surface area contributed by atoms with Crippen LogP contribution in [0.5, 0.6) is 11.5 Å². The Morgan fingerprint density at radius 2 is 2.05 bits per heavy atom. The Hall–Kier alpha value is -2.01.